The largest absolute Gasteiger partial charge is 0.480 e. The van der Waals surface area contributed by atoms with E-state index in [9.17, 15) is 14.7 Å². The maximum Gasteiger partial charge on any atom is 0.326 e. The molecular formula is C12H16N6O3. The molecule has 0 aromatic carbocycles. The predicted molar refractivity (Wildman–Crippen MR) is 72.3 cm³/mol. The highest BCUT2D eigenvalue weighted by atomic mass is 16.4. The van der Waals surface area contributed by atoms with Gasteiger partial charge in [0.05, 0.1) is 19.1 Å². The number of rotatable bonds is 6. The van der Waals surface area contributed by atoms with Gasteiger partial charge in [-0.05, 0) is 0 Å². The number of imidazole rings is 1. The number of urea groups is 1. The summed E-state index contributed by atoms with van der Waals surface area (Å²) < 4.78 is 0. The van der Waals surface area contributed by atoms with Gasteiger partial charge in [0.1, 0.15) is 6.04 Å². The van der Waals surface area contributed by atoms with Crippen molar-refractivity contribution in [2.24, 2.45) is 0 Å². The molecule has 0 aliphatic carbocycles. The van der Waals surface area contributed by atoms with E-state index >= 15 is 0 Å². The summed E-state index contributed by atoms with van der Waals surface area (Å²) in [5.41, 5.74) is 1.47. The summed E-state index contributed by atoms with van der Waals surface area (Å²) in [6.07, 6.45) is 6.39. The topological polar surface area (TPSA) is 127 Å². The van der Waals surface area contributed by atoms with Crippen LogP contribution in [0, 0.1) is 0 Å². The molecule has 0 saturated heterocycles. The molecule has 9 heteroatoms. The number of hydrogen-bond acceptors (Lipinski definition) is 4. The molecule has 21 heavy (non-hydrogen) atoms. The Hall–Kier alpha value is -2.84. The fraction of sp³-hybridized carbons (Fsp3) is 0.333. The normalized spacial score (nSPS) is 11.9. The second kappa shape index (κ2) is 6.55. The van der Waals surface area contributed by atoms with Gasteiger partial charge in [-0.1, -0.05) is 0 Å². The zero-order chi connectivity index (χ0) is 15.2. The molecular weight excluding hydrogens is 276 g/mol. The fourth-order valence-corrected chi connectivity index (χ4v) is 1.79. The highest BCUT2D eigenvalue weighted by molar-refractivity contribution is 5.82. The number of hydrogen-bond donors (Lipinski definition) is 4. The van der Waals surface area contributed by atoms with Crippen molar-refractivity contribution in [3.8, 4) is 0 Å². The van der Waals surface area contributed by atoms with E-state index < -0.39 is 18.0 Å². The first-order valence-corrected chi connectivity index (χ1v) is 6.25. The number of aromatic nitrogens is 4. The lowest BCUT2D eigenvalue weighted by molar-refractivity contribution is -0.139. The average Bonchev–Trinajstić information content (AvgIpc) is 3.10. The van der Waals surface area contributed by atoms with E-state index in [-0.39, 0.29) is 6.42 Å². The van der Waals surface area contributed by atoms with Crippen molar-refractivity contribution >= 4 is 12.0 Å². The number of amides is 2. The van der Waals surface area contributed by atoms with Gasteiger partial charge in [-0.25, -0.2) is 14.6 Å². The van der Waals surface area contributed by atoms with Crippen LogP contribution in [0.25, 0.3) is 0 Å². The van der Waals surface area contributed by atoms with E-state index in [2.05, 4.69) is 25.5 Å². The predicted octanol–water partition coefficient (Wildman–Crippen LogP) is -0.0299. The van der Waals surface area contributed by atoms with Gasteiger partial charge in [0.15, 0.2) is 0 Å². The van der Waals surface area contributed by atoms with Crippen LogP contribution < -0.4 is 5.32 Å². The van der Waals surface area contributed by atoms with Crippen LogP contribution in [0.3, 0.4) is 0 Å². The minimum atomic E-state index is -1.10. The summed E-state index contributed by atoms with van der Waals surface area (Å²) >= 11 is 0. The molecule has 2 aromatic rings. The molecule has 1 atom stereocenters. The third kappa shape index (κ3) is 4.06. The summed E-state index contributed by atoms with van der Waals surface area (Å²) in [5, 5.41) is 18.1. The lowest BCUT2D eigenvalue weighted by Crippen LogP contribution is -2.47. The maximum atomic E-state index is 12.0. The average molecular weight is 292 g/mol. The van der Waals surface area contributed by atoms with Crippen molar-refractivity contribution < 1.29 is 14.7 Å². The van der Waals surface area contributed by atoms with E-state index in [0.717, 1.165) is 5.56 Å². The smallest absolute Gasteiger partial charge is 0.326 e. The monoisotopic (exact) mass is 292 g/mol. The quantitative estimate of drug-likeness (QED) is 0.594. The van der Waals surface area contributed by atoms with E-state index in [1.807, 2.05) is 0 Å². The number of aromatic amines is 2. The lowest BCUT2D eigenvalue weighted by atomic mass is 10.1. The van der Waals surface area contributed by atoms with Crippen molar-refractivity contribution in [3.63, 3.8) is 0 Å². The second-order valence-corrected chi connectivity index (χ2v) is 4.58. The highest BCUT2D eigenvalue weighted by Gasteiger charge is 2.22. The Balaban J connectivity index is 1.92. The summed E-state index contributed by atoms with van der Waals surface area (Å²) in [5.74, 6) is -1.10. The number of nitrogens with zero attached hydrogens (tertiary/aromatic N) is 3. The molecule has 2 amide bonds. The number of carbonyl (C=O) groups excluding carboxylic acids is 1. The van der Waals surface area contributed by atoms with Crippen LogP contribution in [0.5, 0.6) is 0 Å². The van der Waals surface area contributed by atoms with Crippen LogP contribution in [0.1, 0.15) is 11.3 Å². The first kappa shape index (κ1) is 14.6. The Labute approximate surface area is 120 Å². The van der Waals surface area contributed by atoms with E-state index in [1.165, 1.54) is 17.4 Å². The molecule has 0 radical (unpaired) electrons. The van der Waals surface area contributed by atoms with Crippen molar-refractivity contribution in [1.29, 1.82) is 0 Å². The molecule has 112 valence electrons. The van der Waals surface area contributed by atoms with Gasteiger partial charge in [0.25, 0.3) is 0 Å². The number of carboxylic acids is 1. The minimum Gasteiger partial charge on any atom is -0.480 e. The van der Waals surface area contributed by atoms with Gasteiger partial charge < -0.3 is 20.3 Å². The second-order valence-electron chi connectivity index (χ2n) is 4.58. The number of aliphatic carboxylic acids is 1. The maximum absolute atomic E-state index is 12.0. The van der Waals surface area contributed by atoms with Crippen LogP contribution in [-0.4, -0.2) is 55.3 Å². The van der Waals surface area contributed by atoms with Crippen LogP contribution >= 0.6 is 0 Å². The van der Waals surface area contributed by atoms with Gasteiger partial charge in [-0.2, -0.15) is 5.10 Å². The standard InChI is InChI=1S/C12H16N6O3/c1-18(6-8-3-15-16-4-8)12(21)17-10(11(19)20)2-9-5-13-7-14-9/h3-5,7,10H,2,6H2,1H3,(H,13,14)(H,15,16)(H,17,21)(H,19,20)/t10-/m1/s1. The first-order chi connectivity index (χ1) is 10.1. The van der Waals surface area contributed by atoms with Gasteiger partial charge >= 0.3 is 12.0 Å². The van der Waals surface area contributed by atoms with Crippen LogP contribution in [0.4, 0.5) is 4.79 Å². The van der Waals surface area contributed by atoms with Gasteiger partial charge in [0, 0.05) is 37.1 Å². The molecule has 0 unspecified atom stereocenters. The number of nitrogens with one attached hydrogen (secondary N) is 3. The molecule has 0 aliphatic rings. The van der Waals surface area contributed by atoms with Crippen LogP contribution in [0.15, 0.2) is 24.9 Å². The van der Waals surface area contributed by atoms with E-state index in [1.54, 1.807) is 19.4 Å². The summed E-state index contributed by atoms with van der Waals surface area (Å²) in [7, 11) is 1.58. The van der Waals surface area contributed by atoms with Gasteiger partial charge in [-0.3, -0.25) is 5.10 Å². The molecule has 0 saturated carbocycles. The molecule has 2 aromatic heterocycles. The van der Waals surface area contributed by atoms with E-state index in [4.69, 9.17) is 0 Å². The van der Waals surface area contributed by atoms with Crippen LogP contribution in [0.2, 0.25) is 0 Å². The summed E-state index contributed by atoms with van der Waals surface area (Å²) in [4.78, 5) is 31.2. The molecule has 4 N–H and O–H groups in total. The Morgan fingerprint density at radius 3 is 2.86 bits per heavy atom. The van der Waals surface area contributed by atoms with Crippen molar-refractivity contribution in [2.75, 3.05) is 7.05 Å². The summed E-state index contributed by atoms with van der Waals surface area (Å²) in [6.45, 7) is 0.332. The fourth-order valence-electron chi connectivity index (χ4n) is 1.79. The number of carbonyl (C=O) groups is 2. The molecule has 2 rings (SSSR count). The van der Waals surface area contributed by atoms with Crippen LogP contribution in [-0.2, 0) is 17.8 Å². The Morgan fingerprint density at radius 1 is 1.48 bits per heavy atom. The Morgan fingerprint density at radius 2 is 2.29 bits per heavy atom. The third-order valence-corrected chi connectivity index (χ3v) is 2.90. The third-order valence-electron chi connectivity index (χ3n) is 2.90. The van der Waals surface area contributed by atoms with Gasteiger partial charge in [0.2, 0.25) is 0 Å². The Kier molecular flexibility index (Phi) is 4.54. The molecule has 0 aliphatic heterocycles. The summed E-state index contributed by atoms with van der Waals surface area (Å²) in [6, 6.07) is -1.49. The molecule has 9 nitrogen and oxygen atoms in total. The molecule has 2 heterocycles. The molecule has 0 bridgehead atoms. The van der Waals surface area contributed by atoms with Crippen molar-refractivity contribution in [1.82, 2.24) is 30.4 Å². The number of H-pyrrole nitrogens is 2. The SMILES string of the molecule is CN(Cc1cn[nH]c1)C(=O)N[C@H](Cc1cnc[nH]1)C(=O)O. The minimum absolute atomic E-state index is 0.140. The molecule has 0 fully saturated rings. The first-order valence-electron chi connectivity index (χ1n) is 6.25. The zero-order valence-corrected chi connectivity index (χ0v) is 11.4. The highest BCUT2D eigenvalue weighted by Crippen LogP contribution is 2.03. The Bertz CT molecular complexity index is 580. The molecule has 0 spiro atoms. The number of carboxylic acid groups (broad SMARTS) is 1. The zero-order valence-electron chi connectivity index (χ0n) is 11.4. The van der Waals surface area contributed by atoms with Gasteiger partial charge in [-0.15, -0.1) is 0 Å². The van der Waals surface area contributed by atoms with Crippen molar-refractivity contribution in [2.45, 2.75) is 19.0 Å². The van der Waals surface area contributed by atoms with Crippen molar-refractivity contribution in [3.05, 3.63) is 36.2 Å². The lowest BCUT2D eigenvalue weighted by Gasteiger charge is -2.20. The van der Waals surface area contributed by atoms with E-state index in [0.29, 0.717) is 12.2 Å².